The van der Waals surface area contributed by atoms with E-state index in [2.05, 4.69) is 0 Å². The van der Waals surface area contributed by atoms with Crippen LogP contribution < -0.4 is 5.73 Å². The van der Waals surface area contributed by atoms with Crippen molar-refractivity contribution in [3.8, 4) is 0 Å². The topological polar surface area (TPSA) is 43.1 Å². The first-order valence-corrected chi connectivity index (χ1v) is 5.49. The highest BCUT2D eigenvalue weighted by molar-refractivity contribution is 5.83. The molecule has 0 radical (unpaired) electrons. The monoisotopic (exact) mass is 201 g/mol. The van der Waals surface area contributed by atoms with Gasteiger partial charge in [0, 0.05) is 0 Å². The third kappa shape index (κ3) is 2.07. The Bertz CT molecular complexity index is 215. The van der Waals surface area contributed by atoms with Crippen LogP contribution >= 0.6 is 0 Å². The van der Waals surface area contributed by atoms with Crippen molar-refractivity contribution in [2.24, 2.45) is 17.6 Å². The van der Waals surface area contributed by atoms with Gasteiger partial charge in [-0.1, -0.05) is 33.1 Å². The number of alkyl halides is 1. The smallest absolute Gasteiger partial charge is 0.255 e. The lowest BCUT2D eigenvalue weighted by molar-refractivity contribution is -0.135. The highest BCUT2D eigenvalue weighted by atomic mass is 19.1. The number of hydrogen-bond donors (Lipinski definition) is 1. The van der Waals surface area contributed by atoms with Gasteiger partial charge in [0.2, 0.25) is 0 Å². The highest BCUT2D eigenvalue weighted by Gasteiger charge is 2.44. The Kier molecular flexibility index (Phi) is 3.51. The lowest BCUT2D eigenvalue weighted by Gasteiger charge is -2.35. The molecule has 1 saturated carbocycles. The molecule has 1 aliphatic carbocycles. The van der Waals surface area contributed by atoms with Crippen molar-refractivity contribution in [3.05, 3.63) is 0 Å². The summed E-state index contributed by atoms with van der Waals surface area (Å²) < 4.78 is 14.3. The Morgan fingerprint density at radius 1 is 1.64 bits per heavy atom. The first-order chi connectivity index (χ1) is 6.50. The van der Waals surface area contributed by atoms with Gasteiger partial charge in [-0.25, -0.2) is 4.39 Å². The van der Waals surface area contributed by atoms with Gasteiger partial charge in [0.25, 0.3) is 5.91 Å². The van der Waals surface area contributed by atoms with Gasteiger partial charge < -0.3 is 5.73 Å². The molecule has 0 saturated heterocycles. The van der Waals surface area contributed by atoms with Crippen LogP contribution in [0.2, 0.25) is 0 Å². The van der Waals surface area contributed by atoms with E-state index in [0.29, 0.717) is 18.8 Å². The number of halogens is 1. The van der Waals surface area contributed by atoms with Gasteiger partial charge in [-0.2, -0.15) is 0 Å². The lowest BCUT2D eigenvalue weighted by atomic mass is 9.73. The van der Waals surface area contributed by atoms with Crippen molar-refractivity contribution in [2.45, 2.75) is 51.6 Å². The quantitative estimate of drug-likeness (QED) is 0.729. The Hall–Kier alpha value is -0.600. The number of primary amides is 1. The van der Waals surface area contributed by atoms with E-state index < -0.39 is 11.6 Å². The molecule has 0 bridgehead atoms. The van der Waals surface area contributed by atoms with Gasteiger partial charge in [-0.15, -0.1) is 0 Å². The molecule has 1 amide bonds. The van der Waals surface area contributed by atoms with Gasteiger partial charge in [-0.3, -0.25) is 4.79 Å². The van der Waals surface area contributed by atoms with Crippen molar-refractivity contribution in [1.29, 1.82) is 0 Å². The SMILES string of the molecule is CCC(C)C(F)(CC1CCC1)C(N)=O. The minimum absolute atomic E-state index is 0.263. The fourth-order valence-corrected chi connectivity index (χ4v) is 1.99. The Morgan fingerprint density at radius 3 is 2.50 bits per heavy atom. The summed E-state index contributed by atoms with van der Waals surface area (Å²) in [4.78, 5) is 11.1. The average Bonchev–Trinajstić information content (AvgIpc) is 2.09. The van der Waals surface area contributed by atoms with Crippen LogP contribution in [0.5, 0.6) is 0 Å². The molecule has 0 spiro atoms. The maximum Gasteiger partial charge on any atom is 0.255 e. The Morgan fingerprint density at radius 2 is 2.21 bits per heavy atom. The van der Waals surface area contributed by atoms with Crippen molar-refractivity contribution in [3.63, 3.8) is 0 Å². The van der Waals surface area contributed by atoms with Crippen LogP contribution in [0.25, 0.3) is 0 Å². The minimum atomic E-state index is -1.78. The third-order valence-corrected chi connectivity index (χ3v) is 3.61. The maximum atomic E-state index is 14.3. The molecule has 2 nitrogen and oxygen atoms in total. The largest absolute Gasteiger partial charge is 0.367 e. The second kappa shape index (κ2) is 4.28. The summed E-state index contributed by atoms with van der Waals surface area (Å²) in [5.74, 6) is -0.666. The summed E-state index contributed by atoms with van der Waals surface area (Å²) in [6.45, 7) is 3.66. The zero-order valence-corrected chi connectivity index (χ0v) is 9.05. The molecule has 0 aromatic carbocycles. The van der Waals surface area contributed by atoms with E-state index in [-0.39, 0.29) is 5.92 Å². The van der Waals surface area contributed by atoms with E-state index in [1.54, 1.807) is 6.92 Å². The van der Waals surface area contributed by atoms with E-state index in [0.717, 1.165) is 12.8 Å². The molecule has 0 aromatic heterocycles. The standard InChI is InChI=1S/C11H20FNO/c1-3-8(2)11(12,10(13)14)7-9-5-4-6-9/h8-9H,3-7H2,1-2H3,(H2,13,14). The second-order valence-electron chi connectivity index (χ2n) is 4.54. The number of rotatable bonds is 5. The molecule has 14 heavy (non-hydrogen) atoms. The third-order valence-electron chi connectivity index (χ3n) is 3.61. The van der Waals surface area contributed by atoms with Crippen molar-refractivity contribution >= 4 is 5.91 Å². The van der Waals surface area contributed by atoms with Crippen LogP contribution in [0.15, 0.2) is 0 Å². The summed E-state index contributed by atoms with van der Waals surface area (Å²) in [5, 5.41) is 0. The Labute approximate surface area is 85.0 Å². The first kappa shape index (κ1) is 11.5. The summed E-state index contributed by atoms with van der Waals surface area (Å²) >= 11 is 0. The van der Waals surface area contributed by atoms with Crippen LogP contribution in [0.4, 0.5) is 4.39 Å². The normalized spacial score (nSPS) is 23.6. The zero-order valence-electron chi connectivity index (χ0n) is 9.05. The van der Waals surface area contributed by atoms with Crippen molar-refractivity contribution < 1.29 is 9.18 Å². The minimum Gasteiger partial charge on any atom is -0.367 e. The van der Waals surface area contributed by atoms with Gasteiger partial charge in [0.05, 0.1) is 0 Å². The van der Waals surface area contributed by atoms with Crippen LogP contribution in [0, 0.1) is 11.8 Å². The summed E-state index contributed by atoms with van der Waals surface area (Å²) in [6, 6.07) is 0. The molecule has 1 aliphatic rings. The molecular formula is C11H20FNO. The Balaban J connectivity index is 2.64. The number of nitrogens with two attached hydrogens (primary N) is 1. The predicted molar refractivity (Wildman–Crippen MR) is 54.4 cm³/mol. The molecule has 1 fully saturated rings. The maximum absolute atomic E-state index is 14.3. The van der Waals surface area contributed by atoms with E-state index >= 15 is 0 Å². The molecule has 3 heteroatoms. The molecule has 0 heterocycles. The highest BCUT2D eigenvalue weighted by Crippen LogP contribution is 2.39. The average molecular weight is 201 g/mol. The molecule has 2 N–H and O–H groups in total. The van der Waals surface area contributed by atoms with Gasteiger partial charge in [-0.05, 0) is 24.7 Å². The van der Waals surface area contributed by atoms with Crippen molar-refractivity contribution in [2.75, 3.05) is 0 Å². The van der Waals surface area contributed by atoms with Crippen LogP contribution in [-0.4, -0.2) is 11.6 Å². The van der Waals surface area contributed by atoms with E-state index in [1.807, 2.05) is 6.92 Å². The van der Waals surface area contributed by atoms with Crippen molar-refractivity contribution in [1.82, 2.24) is 0 Å². The molecule has 2 atom stereocenters. The fourth-order valence-electron chi connectivity index (χ4n) is 1.99. The summed E-state index contributed by atoms with van der Waals surface area (Å²) in [5.41, 5.74) is 3.38. The van der Waals surface area contributed by atoms with Crippen LogP contribution in [0.1, 0.15) is 46.0 Å². The van der Waals surface area contributed by atoms with Gasteiger partial charge >= 0.3 is 0 Å². The summed E-state index contributed by atoms with van der Waals surface area (Å²) in [6.07, 6.45) is 4.26. The number of amides is 1. The molecule has 82 valence electrons. The molecule has 2 unspecified atom stereocenters. The van der Waals surface area contributed by atoms with E-state index in [4.69, 9.17) is 5.73 Å². The predicted octanol–water partition coefficient (Wildman–Crippen LogP) is 2.42. The molecule has 0 aliphatic heterocycles. The molecule has 1 rings (SSSR count). The van der Waals surface area contributed by atoms with Crippen LogP contribution in [-0.2, 0) is 4.79 Å². The zero-order chi connectivity index (χ0) is 10.8. The lowest BCUT2D eigenvalue weighted by Crippen LogP contribution is -2.47. The van der Waals surface area contributed by atoms with Gasteiger partial charge in [0.1, 0.15) is 0 Å². The fraction of sp³-hybridized carbons (Fsp3) is 0.909. The number of hydrogen-bond acceptors (Lipinski definition) is 1. The number of carbonyl (C=O) groups excluding carboxylic acids is 1. The molecule has 0 aromatic rings. The summed E-state index contributed by atoms with van der Waals surface area (Å²) in [7, 11) is 0. The van der Waals surface area contributed by atoms with E-state index in [9.17, 15) is 9.18 Å². The number of carbonyl (C=O) groups is 1. The second-order valence-corrected chi connectivity index (χ2v) is 4.54. The van der Waals surface area contributed by atoms with E-state index in [1.165, 1.54) is 6.42 Å². The molecular weight excluding hydrogens is 181 g/mol. The van der Waals surface area contributed by atoms with Gasteiger partial charge in [0.15, 0.2) is 5.67 Å². The van der Waals surface area contributed by atoms with Crippen LogP contribution in [0.3, 0.4) is 0 Å². The first-order valence-electron chi connectivity index (χ1n) is 5.49.